The predicted octanol–water partition coefficient (Wildman–Crippen LogP) is 10.3. The minimum absolute atomic E-state index is 0.0213. The summed E-state index contributed by atoms with van der Waals surface area (Å²) in [6.45, 7) is 9.43. The van der Waals surface area contributed by atoms with E-state index < -0.39 is 41.3 Å². The molecule has 1 heterocycles. The average molecular weight is 797 g/mol. The van der Waals surface area contributed by atoms with Gasteiger partial charge in [0, 0.05) is 25.0 Å². The van der Waals surface area contributed by atoms with E-state index in [1.165, 1.54) is 81.9 Å². The van der Waals surface area contributed by atoms with Crippen molar-refractivity contribution in [3.63, 3.8) is 0 Å². The van der Waals surface area contributed by atoms with Crippen LogP contribution in [0.1, 0.15) is 143 Å². The minimum atomic E-state index is -1.83. The van der Waals surface area contributed by atoms with Gasteiger partial charge in [-0.15, -0.1) is 0 Å². The lowest BCUT2D eigenvalue weighted by Crippen LogP contribution is -2.55. The Kier molecular flexibility index (Phi) is 19.9. The molecule has 0 bridgehead atoms. The number of halogens is 1. The number of methoxy groups -OCH3 is 1. The van der Waals surface area contributed by atoms with Crippen molar-refractivity contribution in [2.45, 2.75) is 156 Å². The van der Waals surface area contributed by atoms with Gasteiger partial charge in [0.15, 0.2) is 11.8 Å². The Labute approximate surface area is 339 Å². The number of hydrogen-bond acceptors (Lipinski definition) is 7. The molecule has 2 unspecified atom stereocenters. The molecular formula is C44H65ClN4O7. The highest BCUT2D eigenvalue weighted by Crippen LogP contribution is 2.36. The molecule has 2 N–H and O–H groups in total. The number of amides is 5. The molecule has 310 valence electrons. The van der Waals surface area contributed by atoms with Gasteiger partial charge in [0.25, 0.3) is 11.8 Å². The lowest BCUT2D eigenvalue weighted by molar-refractivity contribution is -0.148. The lowest BCUT2D eigenvalue weighted by atomic mass is 9.85. The molecule has 5 amide bonds. The van der Waals surface area contributed by atoms with E-state index in [1.807, 2.05) is 13.0 Å². The standard InChI is InChI=1S/C44H65ClN4O7/c1-7-9-11-12-13-14-15-16-17-18-19-20-24-27-37(50)46-34-30-35(36(29-33(34)45)56-28-10-8-2)47-40(52)38(39(51)44(3,4)5)49-41(53)42(55-6)48(43(49)54)31-32-25-22-21-23-26-32/h21-23,25-26,29-30,38,42H,7-20,24,27-28,31H2,1-6H3,(H,46,50)(H,47,52). The predicted molar refractivity (Wildman–Crippen MR) is 223 cm³/mol. The van der Waals surface area contributed by atoms with Crippen molar-refractivity contribution >= 4 is 52.5 Å². The third-order valence-corrected chi connectivity index (χ3v) is 10.3. The zero-order chi connectivity index (χ0) is 41.1. The number of carbonyl (C=O) groups excluding carboxylic acids is 5. The fourth-order valence-corrected chi connectivity index (χ4v) is 6.86. The van der Waals surface area contributed by atoms with Crippen molar-refractivity contribution in [3.05, 3.63) is 53.1 Å². The maximum Gasteiger partial charge on any atom is 0.330 e. The summed E-state index contributed by atoms with van der Waals surface area (Å²) in [7, 11) is 1.29. The number of hydrogen-bond donors (Lipinski definition) is 2. The van der Waals surface area contributed by atoms with Crippen molar-refractivity contribution in [2.24, 2.45) is 5.41 Å². The fraction of sp³-hybridized carbons (Fsp3) is 0.614. The summed E-state index contributed by atoms with van der Waals surface area (Å²) in [5.41, 5.74) is -0.00288. The Morgan fingerprint density at radius 1 is 0.786 bits per heavy atom. The van der Waals surface area contributed by atoms with Gasteiger partial charge in [0.1, 0.15) is 5.75 Å². The van der Waals surface area contributed by atoms with Crippen LogP contribution in [-0.4, -0.2) is 65.3 Å². The van der Waals surface area contributed by atoms with Crippen LogP contribution < -0.4 is 15.4 Å². The topological polar surface area (TPSA) is 134 Å². The van der Waals surface area contributed by atoms with Gasteiger partial charge in [-0.2, -0.15) is 0 Å². The first-order chi connectivity index (χ1) is 26.8. The quantitative estimate of drug-likeness (QED) is 0.0550. The normalized spacial score (nSPS) is 14.9. The molecule has 12 heteroatoms. The Morgan fingerprint density at radius 3 is 1.91 bits per heavy atom. The summed E-state index contributed by atoms with van der Waals surface area (Å²) >= 11 is 6.63. The number of ether oxygens (including phenoxy) is 2. The van der Waals surface area contributed by atoms with Gasteiger partial charge in [-0.1, -0.05) is 160 Å². The van der Waals surface area contributed by atoms with Crippen LogP contribution in [0.4, 0.5) is 16.2 Å². The fourth-order valence-electron chi connectivity index (χ4n) is 6.66. The largest absolute Gasteiger partial charge is 0.491 e. The molecule has 11 nitrogen and oxygen atoms in total. The molecule has 0 saturated carbocycles. The van der Waals surface area contributed by atoms with Gasteiger partial charge in [-0.3, -0.25) is 24.1 Å². The second kappa shape index (κ2) is 24.0. The van der Waals surface area contributed by atoms with Crippen LogP contribution >= 0.6 is 11.6 Å². The van der Waals surface area contributed by atoms with Gasteiger partial charge >= 0.3 is 6.03 Å². The Bertz CT molecular complexity index is 1580. The zero-order valence-electron chi connectivity index (χ0n) is 34.6. The highest BCUT2D eigenvalue weighted by atomic mass is 35.5. The van der Waals surface area contributed by atoms with Gasteiger partial charge in [-0.05, 0) is 24.5 Å². The first-order valence-electron chi connectivity index (χ1n) is 20.7. The molecular weight excluding hydrogens is 732 g/mol. The lowest BCUT2D eigenvalue weighted by Gasteiger charge is -2.29. The van der Waals surface area contributed by atoms with Crippen LogP contribution in [0, 0.1) is 5.41 Å². The number of imide groups is 1. The van der Waals surface area contributed by atoms with Crippen molar-refractivity contribution < 1.29 is 33.4 Å². The van der Waals surface area contributed by atoms with Crippen LogP contribution in [0.15, 0.2) is 42.5 Å². The number of rotatable bonds is 26. The summed E-state index contributed by atoms with van der Waals surface area (Å²) in [5, 5.41) is 5.81. The van der Waals surface area contributed by atoms with Crippen molar-refractivity contribution in [2.75, 3.05) is 24.4 Å². The first kappa shape index (κ1) is 46.4. The summed E-state index contributed by atoms with van der Waals surface area (Å²) in [6.07, 6.45) is 16.2. The van der Waals surface area contributed by atoms with E-state index in [0.29, 0.717) is 17.9 Å². The monoisotopic (exact) mass is 796 g/mol. The van der Waals surface area contributed by atoms with Gasteiger partial charge < -0.3 is 20.1 Å². The summed E-state index contributed by atoms with van der Waals surface area (Å²) in [4.78, 5) is 70.9. The third kappa shape index (κ3) is 14.2. The number of carbonyl (C=O) groups is 5. The molecule has 2 aromatic carbocycles. The van der Waals surface area contributed by atoms with E-state index in [1.54, 1.807) is 45.0 Å². The van der Waals surface area contributed by atoms with E-state index in [-0.39, 0.29) is 34.6 Å². The van der Waals surface area contributed by atoms with E-state index in [2.05, 4.69) is 17.6 Å². The third-order valence-electron chi connectivity index (χ3n) is 9.96. The number of benzene rings is 2. The van der Waals surface area contributed by atoms with E-state index in [0.717, 1.165) is 44.1 Å². The maximum atomic E-state index is 14.3. The maximum absolute atomic E-state index is 14.3. The molecule has 1 saturated heterocycles. The van der Waals surface area contributed by atoms with Gasteiger partial charge in [0.2, 0.25) is 12.1 Å². The molecule has 1 aliphatic rings. The average Bonchev–Trinajstić information content (AvgIpc) is 3.39. The number of urea groups is 1. The zero-order valence-corrected chi connectivity index (χ0v) is 35.3. The Balaban J connectivity index is 1.72. The second-order valence-electron chi connectivity index (χ2n) is 15.8. The molecule has 2 aromatic rings. The van der Waals surface area contributed by atoms with Crippen molar-refractivity contribution in [1.29, 1.82) is 0 Å². The number of ketones is 1. The highest BCUT2D eigenvalue weighted by Gasteiger charge is 2.54. The van der Waals surface area contributed by atoms with Crippen molar-refractivity contribution in [3.8, 4) is 5.75 Å². The number of nitrogens with zero attached hydrogens (tertiary/aromatic N) is 2. The highest BCUT2D eigenvalue weighted by molar-refractivity contribution is 6.34. The van der Waals surface area contributed by atoms with E-state index in [9.17, 15) is 24.0 Å². The molecule has 56 heavy (non-hydrogen) atoms. The van der Waals surface area contributed by atoms with Crippen LogP contribution in [0.3, 0.4) is 0 Å². The summed E-state index contributed by atoms with van der Waals surface area (Å²) in [5.74, 6) is -2.41. The Hall–Kier alpha value is -3.96. The van der Waals surface area contributed by atoms with Crippen LogP contribution in [-0.2, 0) is 30.5 Å². The molecule has 2 atom stereocenters. The molecule has 3 rings (SSSR count). The smallest absolute Gasteiger partial charge is 0.330 e. The molecule has 0 aliphatic carbocycles. The molecule has 0 radical (unpaired) electrons. The van der Waals surface area contributed by atoms with Crippen LogP contribution in [0.25, 0.3) is 0 Å². The molecule has 1 fully saturated rings. The van der Waals surface area contributed by atoms with Crippen molar-refractivity contribution in [1.82, 2.24) is 9.80 Å². The minimum Gasteiger partial charge on any atom is -0.491 e. The second-order valence-corrected chi connectivity index (χ2v) is 16.2. The molecule has 1 aliphatic heterocycles. The van der Waals surface area contributed by atoms with E-state index >= 15 is 0 Å². The number of Topliss-reactive ketones (excluding diaryl/α,β-unsaturated/α-hetero) is 1. The summed E-state index contributed by atoms with van der Waals surface area (Å²) in [6, 6.07) is 9.36. The van der Waals surface area contributed by atoms with E-state index in [4.69, 9.17) is 21.1 Å². The number of nitrogens with one attached hydrogen (secondary N) is 2. The van der Waals surface area contributed by atoms with Gasteiger partial charge in [-0.25, -0.2) is 9.69 Å². The Morgan fingerprint density at radius 2 is 1.36 bits per heavy atom. The summed E-state index contributed by atoms with van der Waals surface area (Å²) < 4.78 is 11.4. The molecule has 0 spiro atoms. The SMILES string of the molecule is CCCCCCCCCCCCCCCC(=O)Nc1cc(NC(=O)C(C(=O)C(C)(C)C)N2C(=O)C(OC)N(Cc3ccccc3)C2=O)c(OCCCC)cc1Cl. The first-order valence-corrected chi connectivity index (χ1v) is 21.0. The molecule has 0 aromatic heterocycles. The number of unbranched alkanes of at least 4 members (excludes halogenated alkanes) is 13. The van der Waals surface area contributed by atoms with Crippen LogP contribution in [0.5, 0.6) is 5.75 Å². The number of anilines is 2. The van der Waals surface area contributed by atoms with Gasteiger partial charge in [0.05, 0.1) is 29.5 Å². The van der Waals surface area contributed by atoms with Crippen LogP contribution in [0.2, 0.25) is 5.02 Å².